The molecule has 3 aromatic heterocycles. The van der Waals surface area contributed by atoms with E-state index in [1.54, 1.807) is 16.8 Å². The average Bonchev–Trinajstić information content (AvgIpc) is 3.15. The van der Waals surface area contributed by atoms with E-state index in [2.05, 4.69) is 15.0 Å². The number of H-pyrrole nitrogens is 1. The van der Waals surface area contributed by atoms with Crippen molar-refractivity contribution in [1.82, 2.24) is 19.5 Å². The fourth-order valence-electron chi connectivity index (χ4n) is 3.54. The fourth-order valence-corrected chi connectivity index (χ4v) is 3.54. The second-order valence-corrected chi connectivity index (χ2v) is 6.76. The topological polar surface area (TPSA) is 97.4 Å². The van der Waals surface area contributed by atoms with Crippen LogP contribution in [-0.4, -0.2) is 38.4 Å². The normalized spacial score (nSPS) is 17.8. The lowest BCUT2D eigenvalue weighted by atomic mass is 9.96. The van der Waals surface area contributed by atoms with Gasteiger partial charge in [-0.15, -0.1) is 0 Å². The van der Waals surface area contributed by atoms with Crippen molar-refractivity contribution in [2.45, 2.75) is 19.0 Å². The summed E-state index contributed by atoms with van der Waals surface area (Å²) in [5, 5.41) is 16.8. The zero-order valence-electron chi connectivity index (χ0n) is 14.8. The van der Waals surface area contributed by atoms with Crippen LogP contribution in [0.15, 0.2) is 36.8 Å². The lowest BCUT2D eigenvalue weighted by Crippen LogP contribution is -2.43. The number of pyridine rings is 1. The van der Waals surface area contributed by atoms with Crippen molar-refractivity contribution < 1.29 is 13.2 Å². The van der Waals surface area contributed by atoms with E-state index in [-0.39, 0.29) is 17.2 Å². The molecule has 1 saturated heterocycles. The van der Waals surface area contributed by atoms with E-state index in [1.165, 1.54) is 12.3 Å². The quantitative estimate of drug-likeness (QED) is 0.464. The third-order valence-corrected chi connectivity index (χ3v) is 4.95. The Labute approximate surface area is 157 Å². The molecule has 0 bridgehead atoms. The molecule has 4 rings (SSSR count). The van der Waals surface area contributed by atoms with E-state index in [4.69, 9.17) is 10.8 Å². The molecular formula is C18H18F3N7. The van der Waals surface area contributed by atoms with E-state index in [1.807, 2.05) is 4.90 Å². The minimum absolute atomic E-state index is 0.113. The van der Waals surface area contributed by atoms with Crippen molar-refractivity contribution >= 4 is 22.8 Å². The minimum Gasteiger partial charge on any atom is -0.356 e. The standard InChI is InChI=1S/C18H18F3N7/c19-18(20,21)12-3-4-15(25-8-12)27-7-1-2-11(10-27)16(23)28-13-5-6-24-17(13)26-9-14(28)22/h3-6,8-9,11,22-24H,1-2,7,10H2/t11-/m1/s1. The molecule has 28 heavy (non-hydrogen) atoms. The number of aromatic amines is 1. The second-order valence-electron chi connectivity index (χ2n) is 6.76. The summed E-state index contributed by atoms with van der Waals surface area (Å²) in [4.78, 5) is 13.0. The Hall–Kier alpha value is -3.17. The number of anilines is 1. The highest BCUT2D eigenvalue weighted by atomic mass is 19.4. The average molecular weight is 389 g/mol. The summed E-state index contributed by atoms with van der Waals surface area (Å²) in [5.74, 6) is 0.559. The summed E-state index contributed by atoms with van der Waals surface area (Å²) >= 11 is 0. The summed E-state index contributed by atoms with van der Waals surface area (Å²) in [5.41, 5.74) is 0.584. The molecule has 1 aliphatic rings. The maximum atomic E-state index is 12.7. The number of aromatic nitrogens is 4. The predicted octanol–water partition coefficient (Wildman–Crippen LogP) is 3.00. The summed E-state index contributed by atoms with van der Waals surface area (Å²) < 4.78 is 39.8. The fraction of sp³-hybridized carbons (Fsp3) is 0.333. The Morgan fingerprint density at radius 2 is 2.00 bits per heavy atom. The Balaban J connectivity index is 1.58. The van der Waals surface area contributed by atoms with Crippen LogP contribution in [0.1, 0.15) is 18.4 Å². The lowest BCUT2D eigenvalue weighted by Gasteiger charge is -2.34. The van der Waals surface area contributed by atoms with Crippen molar-refractivity contribution in [2.24, 2.45) is 5.92 Å². The molecule has 0 radical (unpaired) electrons. The van der Waals surface area contributed by atoms with Gasteiger partial charge in [-0.2, -0.15) is 13.2 Å². The van der Waals surface area contributed by atoms with Crippen LogP contribution < -0.4 is 10.4 Å². The van der Waals surface area contributed by atoms with Gasteiger partial charge in [-0.05, 0) is 31.0 Å². The van der Waals surface area contributed by atoms with Gasteiger partial charge >= 0.3 is 6.18 Å². The van der Waals surface area contributed by atoms with Crippen molar-refractivity contribution in [3.05, 3.63) is 47.8 Å². The van der Waals surface area contributed by atoms with E-state index in [9.17, 15) is 13.2 Å². The number of piperidine rings is 1. The Morgan fingerprint density at radius 1 is 1.18 bits per heavy atom. The molecule has 3 N–H and O–H groups in total. The molecule has 1 fully saturated rings. The second kappa shape index (κ2) is 6.77. The van der Waals surface area contributed by atoms with Crippen molar-refractivity contribution in [3.63, 3.8) is 0 Å². The van der Waals surface area contributed by atoms with Crippen LogP contribution in [0.5, 0.6) is 0 Å². The molecule has 0 spiro atoms. The van der Waals surface area contributed by atoms with Crippen molar-refractivity contribution in [3.8, 4) is 0 Å². The summed E-state index contributed by atoms with van der Waals surface area (Å²) in [6.45, 7) is 1.12. The number of hydrogen-bond acceptors (Lipinski definition) is 5. The third kappa shape index (κ3) is 3.25. The van der Waals surface area contributed by atoms with Gasteiger partial charge in [0.05, 0.1) is 17.3 Å². The largest absolute Gasteiger partial charge is 0.417 e. The van der Waals surface area contributed by atoms with Gasteiger partial charge in [0, 0.05) is 31.4 Å². The minimum atomic E-state index is -4.41. The first-order valence-corrected chi connectivity index (χ1v) is 8.81. The maximum absolute atomic E-state index is 12.7. The number of nitrogens with zero attached hydrogens (tertiary/aromatic N) is 4. The van der Waals surface area contributed by atoms with E-state index >= 15 is 0 Å². The van der Waals surface area contributed by atoms with Crippen LogP contribution in [0.3, 0.4) is 0 Å². The molecule has 0 saturated carbocycles. The highest BCUT2D eigenvalue weighted by molar-refractivity contribution is 5.91. The highest BCUT2D eigenvalue weighted by Gasteiger charge is 2.31. The van der Waals surface area contributed by atoms with Crippen molar-refractivity contribution in [1.29, 1.82) is 10.8 Å². The van der Waals surface area contributed by atoms with Gasteiger partial charge in [-0.1, -0.05) is 0 Å². The lowest BCUT2D eigenvalue weighted by molar-refractivity contribution is -0.137. The number of fused-ring (bicyclic) bond motifs is 1. The smallest absolute Gasteiger partial charge is 0.356 e. The molecule has 146 valence electrons. The summed E-state index contributed by atoms with van der Waals surface area (Å²) in [6.07, 6.45) is 1.07. The van der Waals surface area contributed by atoms with Crippen molar-refractivity contribution in [2.75, 3.05) is 18.0 Å². The SMILES string of the molecule is N=C([C@@H]1CCCN(c2ccc(C(F)(F)F)cn2)C1)n1c(=N)cnc2[nH]ccc21. The molecule has 1 aliphatic heterocycles. The van der Waals surface area contributed by atoms with Gasteiger partial charge in [0.15, 0.2) is 5.65 Å². The molecule has 0 unspecified atom stereocenters. The van der Waals surface area contributed by atoms with Gasteiger partial charge in [0.25, 0.3) is 0 Å². The summed E-state index contributed by atoms with van der Waals surface area (Å²) in [6, 6.07) is 4.17. The number of hydrogen-bond donors (Lipinski definition) is 3. The molecule has 0 aromatic carbocycles. The van der Waals surface area contributed by atoms with Gasteiger partial charge < -0.3 is 9.88 Å². The molecule has 7 nitrogen and oxygen atoms in total. The van der Waals surface area contributed by atoms with Gasteiger partial charge in [-0.3, -0.25) is 15.4 Å². The monoisotopic (exact) mass is 389 g/mol. The molecule has 4 heterocycles. The van der Waals surface area contributed by atoms with Crippen LogP contribution in [0, 0.1) is 16.7 Å². The number of nitrogens with one attached hydrogen (secondary N) is 3. The molecule has 1 atom stereocenters. The third-order valence-electron chi connectivity index (χ3n) is 4.95. The predicted molar refractivity (Wildman–Crippen MR) is 97.2 cm³/mol. The van der Waals surface area contributed by atoms with Gasteiger partial charge in [0.2, 0.25) is 0 Å². The van der Waals surface area contributed by atoms with Crippen LogP contribution in [0.2, 0.25) is 0 Å². The van der Waals surface area contributed by atoms with E-state index in [0.717, 1.165) is 25.1 Å². The highest BCUT2D eigenvalue weighted by Crippen LogP contribution is 2.30. The molecule has 0 aliphatic carbocycles. The first-order chi connectivity index (χ1) is 13.3. The van der Waals surface area contributed by atoms with Crippen LogP contribution in [0.4, 0.5) is 19.0 Å². The molecular weight excluding hydrogens is 371 g/mol. The van der Waals surface area contributed by atoms with E-state index < -0.39 is 11.7 Å². The number of rotatable bonds is 2. The molecule has 10 heteroatoms. The Bertz CT molecular complexity index is 1070. The van der Waals surface area contributed by atoms with Gasteiger partial charge in [-0.25, -0.2) is 9.97 Å². The first kappa shape index (κ1) is 18.2. The number of alkyl halides is 3. The van der Waals surface area contributed by atoms with Crippen LogP contribution in [-0.2, 0) is 6.18 Å². The molecule has 0 amide bonds. The Morgan fingerprint density at radius 3 is 2.71 bits per heavy atom. The van der Waals surface area contributed by atoms with Gasteiger partial charge in [0.1, 0.15) is 17.1 Å². The molecule has 3 aromatic rings. The van der Waals surface area contributed by atoms with E-state index in [0.29, 0.717) is 30.1 Å². The zero-order chi connectivity index (χ0) is 19.9. The first-order valence-electron chi connectivity index (χ1n) is 8.81. The number of halogens is 3. The van der Waals surface area contributed by atoms with Crippen LogP contribution >= 0.6 is 0 Å². The summed E-state index contributed by atoms with van der Waals surface area (Å²) in [7, 11) is 0. The Kier molecular flexibility index (Phi) is 4.40. The maximum Gasteiger partial charge on any atom is 0.417 e. The zero-order valence-corrected chi connectivity index (χ0v) is 14.8. The van der Waals surface area contributed by atoms with Crippen LogP contribution in [0.25, 0.3) is 11.2 Å².